The van der Waals surface area contributed by atoms with Gasteiger partial charge in [-0.2, -0.15) is 13.2 Å². The fraction of sp³-hybridized carbons (Fsp3) is 0.250. The summed E-state index contributed by atoms with van der Waals surface area (Å²) in [4.78, 5) is 12.3. The third-order valence-corrected chi connectivity index (χ3v) is 4.96. The Morgan fingerprint density at radius 3 is 1.92 bits per heavy atom. The second-order valence-corrected chi connectivity index (χ2v) is 8.03. The van der Waals surface area contributed by atoms with Crippen LogP contribution in [0.4, 0.5) is 13.2 Å². The summed E-state index contributed by atoms with van der Waals surface area (Å²) in [6.45, 7) is 6.21. The van der Waals surface area contributed by atoms with E-state index in [9.17, 15) is 18.0 Å². The van der Waals surface area contributed by atoms with E-state index in [0.717, 1.165) is 5.56 Å². The highest BCUT2D eigenvalue weighted by Gasteiger charge is 2.39. The van der Waals surface area contributed by atoms with E-state index in [1.54, 1.807) is 36.4 Å². The van der Waals surface area contributed by atoms with Crippen molar-refractivity contribution in [2.24, 2.45) is 0 Å². The second-order valence-electron chi connectivity index (χ2n) is 6.95. The van der Waals surface area contributed by atoms with Crippen LogP contribution < -0.4 is 0 Å². The van der Waals surface area contributed by atoms with Crippen molar-refractivity contribution >= 4 is 23.1 Å². The minimum absolute atomic E-state index is 0.0557. The lowest BCUT2D eigenvalue weighted by Crippen LogP contribution is -2.10. The number of allylic oxidation sites excluding steroid dienone is 1. The Morgan fingerprint density at radius 1 is 0.840 bits per heavy atom. The number of carbonyl (C=O) groups is 1. The molecule has 3 rings (SSSR count). The fourth-order valence-corrected chi connectivity index (χ4v) is 3.66. The van der Waals surface area contributed by atoms with Gasteiger partial charge in [-0.15, -0.1) is 0 Å². The lowest BCUT2D eigenvalue weighted by atomic mass is 9.86. The van der Waals surface area contributed by atoms with Gasteiger partial charge in [0.1, 0.15) is 0 Å². The Hall–Kier alpha value is -2.01. The predicted molar refractivity (Wildman–Crippen MR) is 95.6 cm³/mol. The Kier molecular flexibility index (Phi) is 4.31. The molecule has 0 saturated heterocycles. The Morgan fingerprint density at radius 2 is 1.40 bits per heavy atom. The molecular weight excluding hydrogens is 345 g/mol. The average Bonchev–Trinajstić information content (AvgIpc) is 2.78. The van der Waals surface area contributed by atoms with Crippen molar-refractivity contribution in [1.29, 1.82) is 0 Å². The molecule has 0 heterocycles. The van der Waals surface area contributed by atoms with E-state index in [2.05, 4.69) is 20.8 Å². The van der Waals surface area contributed by atoms with Crippen LogP contribution >= 0.6 is 11.8 Å². The van der Waals surface area contributed by atoms with Crippen molar-refractivity contribution in [3.63, 3.8) is 0 Å². The zero-order valence-electron chi connectivity index (χ0n) is 14.1. The van der Waals surface area contributed by atoms with Crippen molar-refractivity contribution in [3.05, 3.63) is 75.7 Å². The number of fused-ring (bicyclic) bond motifs is 1. The molecule has 0 saturated carbocycles. The summed E-state index contributed by atoms with van der Waals surface area (Å²) < 4.78 is 39.0. The molecule has 0 atom stereocenters. The number of hydrogen-bond acceptors (Lipinski definition) is 2. The highest BCUT2D eigenvalue weighted by Crippen LogP contribution is 2.47. The number of benzene rings is 2. The number of thioether (sulfide) groups is 1. The number of Topliss-reactive ketones (excluding diaryl/α,β-unsaturated/α-hetero) is 1. The van der Waals surface area contributed by atoms with Crippen LogP contribution in [0.15, 0.2) is 53.4 Å². The Bertz CT molecular complexity index is 856. The summed E-state index contributed by atoms with van der Waals surface area (Å²) >= 11 is -0.328. The molecule has 0 fully saturated rings. The van der Waals surface area contributed by atoms with Gasteiger partial charge in [0, 0.05) is 11.1 Å². The van der Waals surface area contributed by atoms with Gasteiger partial charge in [0.25, 0.3) is 0 Å². The van der Waals surface area contributed by atoms with E-state index < -0.39 is 11.3 Å². The van der Waals surface area contributed by atoms with Gasteiger partial charge in [-0.3, -0.25) is 4.79 Å². The van der Waals surface area contributed by atoms with Crippen molar-refractivity contribution in [1.82, 2.24) is 0 Å². The molecular formula is C20H17F3OS. The molecule has 0 spiro atoms. The van der Waals surface area contributed by atoms with Crippen LogP contribution in [0, 0.1) is 0 Å². The monoisotopic (exact) mass is 362 g/mol. The van der Waals surface area contributed by atoms with Crippen LogP contribution in [-0.4, -0.2) is 11.3 Å². The minimum atomic E-state index is -4.51. The lowest BCUT2D eigenvalue weighted by molar-refractivity contribution is -0.0322. The largest absolute Gasteiger partial charge is 0.446 e. The molecule has 0 aromatic heterocycles. The van der Waals surface area contributed by atoms with Crippen LogP contribution in [0.25, 0.3) is 5.57 Å². The first-order chi connectivity index (χ1) is 11.6. The van der Waals surface area contributed by atoms with Crippen molar-refractivity contribution in [3.8, 4) is 0 Å². The number of carbonyl (C=O) groups excluding carboxylic acids is 1. The predicted octanol–water partition coefficient (Wildman–Crippen LogP) is 6.19. The molecule has 0 amide bonds. The van der Waals surface area contributed by atoms with Crippen molar-refractivity contribution in [2.45, 2.75) is 31.7 Å². The number of ketones is 1. The van der Waals surface area contributed by atoms with E-state index >= 15 is 0 Å². The van der Waals surface area contributed by atoms with E-state index in [4.69, 9.17) is 0 Å². The quantitative estimate of drug-likeness (QED) is 0.633. The first-order valence-electron chi connectivity index (χ1n) is 7.83. The summed E-state index contributed by atoms with van der Waals surface area (Å²) in [5.41, 5.74) is -1.61. The first-order valence-corrected chi connectivity index (χ1v) is 8.64. The molecule has 1 aliphatic rings. The first kappa shape index (κ1) is 17.8. The normalized spacial score (nSPS) is 14.9. The molecule has 130 valence electrons. The maximum Gasteiger partial charge on any atom is 0.446 e. The van der Waals surface area contributed by atoms with E-state index in [-0.39, 0.29) is 22.1 Å². The molecule has 0 radical (unpaired) electrons. The van der Waals surface area contributed by atoms with Gasteiger partial charge in [0.2, 0.25) is 5.78 Å². The van der Waals surface area contributed by atoms with Gasteiger partial charge in [0.15, 0.2) is 0 Å². The van der Waals surface area contributed by atoms with Gasteiger partial charge in [-0.25, -0.2) is 0 Å². The third kappa shape index (κ3) is 3.52. The van der Waals surface area contributed by atoms with Crippen LogP contribution in [-0.2, 0) is 5.41 Å². The maximum absolute atomic E-state index is 13.0. The van der Waals surface area contributed by atoms with Gasteiger partial charge in [0.05, 0.1) is 4.91 Å². The second kappa shape index (κ2) is 6.06. The molecule has 0 bridgehead atoms. The van der Waals surface area contributed by atoms with Gasteiger partial charge >= 0.3 is 5.51 Å². The molecule has 5 heteroatoms. The summed E-state index contributed by atoms with van der Waals surface area (Å²) in [5, 5.41) is 0. The highest BCUT2D eigenvalue weighted by atomic mass is 32.2. The molecule has 0 unspecified atom stereocenters. The highest BCUT2D eigenvalue weighted by molar-refractivity contribution is 8.05. The van der Waals surface area contributed by atoms with Crippen molar-refractivity contribution < 1.29 is 18.0 Å². The van der Waals surface area contributed by atoms with E-state index in [1.807, 2.05) is 12.1 Å². The maximum atomic E-state index is 13.0. The van der Waals surface area contributed by atoms with Crippen LogP contribution in [0.5, 0.6) is 0 Å². The molecule has 2 aromatic carbocycles. The fourth-order valence-electron chi connectivity index (χ4n) is 2.89. The van der Waals surface area contributed by atoms with Gasteiger partial charge < -0.3 is 0 Å². The molecule has 1 aliphatic carbocycles. The summed E-state index contributed by atoms with van der Waals surface area (Å²) in [6.07, 6.45) is 0. The molecule has 2 aromatic rings. The Balaban J connectivity index is 2.15. The zero-order valence-corrected chi connectivity index (χ0v) is 14.9. The van der Waals surface area contributed by atoms with Crippen LogP contribution in [0.3, 0.4) is 0 Å². The SMILES string of the molecule is CC(C)(C)c1ccc(C2=C(SC(F)(F)F)C(=O)c3ccccc32)cc1. The van der Waals surface area contributed by atoms with Gasteiger partial charge in [-0.05, 0) is 33.9 Å². The summed E-state index contributed by atoms with van der Waals surface area (Å²) in [5.74, 6) is -0.562. The lowest BCUT2D eigenvalue weighted by Gasteiger charge is -2.19. The third-order valence-electron chi connectivity index (χ3n) is 4.13. The Labute approximate surface area is 148 Å². The zero-order chi connectivity index (χ0) is 18.4. The van der Waals surface area contributed by atoms with Crippen LogP contribution in [0.1, 0.15) is 47.8 Å². The average molecular weight is 362 g/mol. The molecule has 25 heavy (non-hydrogen) atoms. The van der Waals surface area contributed by atoms with Crippen LogP contribution in [0.2, 0.25) is 0 Å². The standard InChI is InChI=1S/C20H17F3OS/c1-19(2,3)13-10-8-12(9-11-13)16-14-6-4-5-7-15(14)17(24)18(16)25-20(21,22)23/h4-11H,1-3H3. The number of rotatable bonds is 2. The number of hydrogen-bond donors (Lipinski definition) is 0. The topological polar surface area (TPSA) is 17.1 Å². The minimum Gasteiger partial charge on any atom is -0.288 e. The van der Waals surface area contributed by atoms with E-state index in [0.29, 0.717) is 22.3 Å². The van der Waals surface area contributed by atoms with Crippen molar-refractivity contribution in [2.75, 3.05) is 0 Å². The molecule has 0 aliphatic heterocycles. The number of halogens is 3. The number of alkyl halides is 3. The molecule has 1 nitrogen and oxygen atoms in total. The smallest absolute Gasteiger partial charge is 0.288 e. The van der Waals surface area contributed by atoms with E-state index in [1.165, 1.54) is 0 Å². The summed E-state index contributed by atoms with van der Waals surface area (Å²) in [7, 11) is 0. The summed E-state index contributed by atoms with van der Waals surface area (Å²) in [6, 6.07) is 14.1. The molecule has 0 N–H and O–H groups in total. The van der Waals surface area contributed by atoms with Gasteiger partial charge in [-0.1, -0.05) is 69.3 Å².